The maximum Gasteiger partial charge on any atom is 0.320 e. The molecule has 0 amide bonds. The number of esters is 1. The molecule has 0 spiro atoms. The predicted molar refractivity (Wildman–Crippen MR) is 71.4 cm³/mol. The Hall–Kier alpha value is -0.610. The van der Waals surface area contributed by atoms with Crippen molar-refractivity contribution in [1.29, 1.82) is 0 Å². The predicted octanol–water partition coefficient (Wildman–Crippen LogP) is 1.54. The molecule has 0 aromatic heterocycles. The van der Waals surface area contributed by atoms with Crippen molar-refractivity contribution in [2.24, 2.45) is 0 Å². The van der Waals surface area contributed by atoms with Gasteiger partial charge >= 0.3 is 5.97 Å². The third-order valence-corrected chi connectivity index (χ3v) is 3.84. The molecular weight excluding hydrogens is 228 g/mol. The van der Waals surface area contributed by atoms with Crippen molar-refractivity contribution in [2.75, 3.05) is 13.1 Å². The van der Waals surface area contributed by atoms with Crippen LogP contribution in [-0.4, -0.2) is 47.2 Å². The summed E-state index contributed by atoms with van der Waals surface area (Å²) >= 11 is 0. The van der Waals surface area contributed by atoms with Gasteiger partial charge in [0.05, 0.1) is 6.54 Å². The molecule has 2 heterocycles. The molecule has 2 aliphatic rings. The summed E-state index contributed by atoms with van der Waals surface area (Å²) in [6, 6.07) is 0.464. The fraction of sp³-hybridized carbons (Fsp3) is 0.929. The highest BCUT2D eigenvalue weighted by atomic mass is 16.5. The van der Waals surface area contributed by atoms with Crippen molar-refractivity contribution in [3.05, 3.63) is 0 Å². The van der Waals surface area contributed by atoms with E-state index in [9.17, 15) is 4.79 Å². The summed E-state index contributed by atoms with van der Waals surface area (Å²) in [6.07, 6.45) is 2.18. The van der Waals surface area contributed by atoms with E-state index in [4.69, 9.17) is 4.74 Å². The summed E-state index contributed by atoms with van der Waals surface area (Å²) in [7, 11) is 0. The number of rotatable bonds is 1. The highest BCUT2D eigenvalue weighted by Gasteiger charge is 2.41. The van der Waals surface area contributed by atoms with Crippen LogP contribution in [0.3, 0.4) is 0 Å². The Balaban J connectivity index is 2.10. The molecule has 1 N–H and O–H groups in total. The van der Waals surface area contributed by atoms with Crippen LogP contribution in [0.4, 0.5) is 0 Å². The molecule has 0 bridgehead atoms. The topological polar surface area (TPSA) is 41.6 Å². The summed E-state index contributed by atoms with van der Waals surface area (Å²) in [5.41, 5.74) is 0.244. The minimum absolute atomic E-state index is 0.0207. The van der Waals surface area contributed by atoms with Gasteiger partial charge in [0.1, 0.15) is 6.10 Å². The van der Waals surface area contributed by atoms with Gasteiger partial charge < -0.3 is 10.1 Å². The Morgan fingerprint density at radius 1 is 1.22 bits per heavy atom. The van der Waals surface area contributed by atoms with Crippen LogP contribution in [0.15, 0.2) is 0 Å². The Kier molecular flexibility index (Phi) is 3.45. The van der Waals surface area contributed by atoms with Gasteiger partial charge in [0.2, 0.25) is 0 Å². The average Bonchev–Trinajstić information content (AvgIpc) is 2.10. The molecule has 0 radical (unpaired) electrons. The zero-order valence-corrected chi connectivity index (χ0v) is 12.2. The standard InChI is InChI=1S/C14H26N2O2/c1-10-8-16(9-12(17)18-10)11-6-13(2,3)15-14(4,5)7-11/h10-11,15H,6-9H2,1-5H3. The van der Waals surface area contributed by atoms with E-state index in [0.29, 0.717) is 12.6 Å². The van der Waals surface area contributed by atoms with Gasteiger partial charge in [-0.1, -0.05) is 0 Å². The normalized spacial score (nSPS) is 33.2. The first-order valence-electron chi connectivity index (χ1n) is 6.90. The van der Waals surface area contributed by atoms with Crippen molar-refractivity contribution in [1.82, 2.24) is 10.2 Å². The first-order chi connectivity index (χ1) is 8.17. The lowest BCUT2D eigenvalue weighted by Gasteiger charge is -2.50. The molecule has 2 aliphatic heterocycles. The third kappa shape index (κ3) is 3.23. The minimum atomic E-state index is -0.0807. The molecule has 0 aromatic carbocycles. The molecule has 2 fully saturated rings. The number of carbonyl (C=O) groups is 1. The zero-order chi connectivity index (χ0) is 13.6. The van der Waals surface area contributed by atoms with E-state index >= 15 is 0 Å². The first-order valence-corrected chi connectivity index (χ1v) is 6.90. The SMILES string of the molecule is CC1CN(C2CC(C)(C)NC(C)(C)C2)CC(=O)O1. The quantitative estimate of drug-likeness (QED) is 0.721. The summed E-state index contributed by atoms with van der Waals surface area (Å²) in [6.45, 7) is 12.3. The smallest absolute Gasteiger partial charge is 0.320 e. The molecule has 104 valence electrons. The van der Waals surface area contributed by atoms with Gasteiger partial charge in [-0.3, -0.25) is 9.69 Å². The molecule has 2 rings (SSSR count). The van der Waals surface area contributed by atoms with Gasteiger partial charge in [-0.15, -0.1) is 0 Å². The molecule has 1 unspecified atom stereocenters. The van der Waals surface area contributed by atoms with Crippen molar-refractivity contribution in [2.45, 2.75) is 70.7 Å². The second kappa shape index (κ2) is 4.49. The van der Waals surface area contributed by atoms with Crippen molar-refractivity contribution in [3.8, 4) is 0 Å². The maximum atomic E-state index is 11.6. The number of ether oxygens (including phenoxy) is 1. The van der Waals surface area contributed by atoms with Gasteiger partial charge in [0.15, 0.2) is 0 Å². The van der Waals surface area contributed by atoms with Crippen LogP contribution < -0.4 is 5.32 Å². The Morgan fingerprint density at radius 3 is 2.28 bits per heavy atom. The first kappa shape index (κ1) is 13.8. The Labute approximate surface area is 110 Å². The van der Waals surface area contributed by atoms with Crippen molar-refractivity contribution < 1.29 is 9.53 Å². The number of hydrogen-bond acceptors (Lipinski definition) is 4. The second-order valence-corrected chi connectivity index (χ2v) is 7.18. The molecule has 4 nitrogen and oxygen atoms in total. The fourth-order valence-corrected chi connectivity index (χ4v) is 3.66. The summed E-state index contributed by atoms with van der Waals surface area (Å²) in [4.78, 5) is 13.9. The van der Waals surface area contributed by atoms with E-state index in [1.165, 1.54) is 0 Å². The lowest BCUT2D eigenvalue weighted by Crippen LogP contribution is -2.63. The zero-order valence-electron chi connectivity index (χ0n) is 12.2. The van der Waals surface area contributed by atoms with Gasteiger partial charge in [-0.2, -0.15) is 0 Å². The van der Waals surface area contributed by atoms with Crippen LogP contribution in [0.5, 0.6) is 0 Å². The van der Waals surface area contributed by atoms with Gasteiger partial charge in [-0.05, 0) is 47.5 Å². The molecule has 2 saturated heterocycles. The lowest BCUT2D eigenvalue weighted by atomic mass is 9.79. The Morgan fingerprint density at radius 2 is 1.78 bits per heavy atom. The van der Waals surface area contributed by atoms with Crippen LogP contribution in [0, 0.1) is 0 Å². The van der Waals surface area contributed by atoms with Crippen molar-refractivity contribution >= 4 is 5.97 Å². The molecule has 0 aliphatic carbocycles. The number of hydrogen-bond donors (Lipinski definition) is 1. The molecule has 0 aromatic rings. The number of carbonyl (C=O) groups excluding carboxylic acids is 1. The van der Waals surface area contributed by atoms with Crippen LogP contribution in [-0.2, 0) is 9.53 Å². The summed E-state index contributed by atoms with van der Waals surface area (Å²) < 4.78 is 5.21. The van der Waals surface area contributed by atoms with Crippen LogP contribution in [0.1, 0.15) is 47.5 Å². The van der Waals surface area contributed by atoms with E-state index in [1.54, 1.807) is 0 Å². The molecule has 1 atom stereocenters. The highest BCUT2D eigenvalue weighted by molar-refractivity contribution is 5.72. The number of cyclic esters (lactones) is 1. The monoisotopic (exact) mass is 254 g/mol. The molecule has 4 heteroatoms. The van der Waals surface area contributed by atoms with E-state index in [1.807, 2.05) is 6.92 Å². The Bertz CT molecular complexity index is 323. The second-order valence-electron chi connectivity index (χ2n) is 7.18. The highest BCUT2D eigenvalue weighted by Crippen LogP contribution is 2.32. The van der Waals surface area contributed by atoms with Crippen LogP contribution >= 0.6 is 0 Å². The van der Waals surface area contributed by atoms with Gasteiger partial charge in [0, 0.05) is 23.7 Å². The molecule has 0 saturated carbocycles. The lowest BCUT2D eigenvalue weighted by molar-refractivity contribution is -0.160. The molecule has 18 heavy (non-hydrogen) atoms. The minimum Gasteiger partial charge on any atom is -0.460 e. The number of morpholine rings is 1. The van der Waals surface area contributed by atoms with E-state index < -0.39 is 0 Å². The average molecular weight is 254 g/mol. The van der Waals surface area contributed by atoms with Gasteiger partial charge in [0.25, 0.3) is 0 Å². The van der Waals surface area contributed by atoms with E-state index in [-0.39, 0.29) is 23.2 Å². The fourth-order valence-electron chi connectivity index (χ4n) is 3.66. The largest absolute Gasteiger partial charge is 0.460 e. The van der Waals surface area contributed by atoms with Crippen LogP contribution in [0.2, 0.25) is 0 Å². The van der Waals surface area contributed by atoms with Gasteiger partial charge in [-0.25, -0.2) is 0 Å². The van der Waals surface area contributed by atoms with Crippen LogP contribution in [0.25, 0.3) is 0 Å². The number of nitrogens with zero attached hydrogens (tertiary/aromatic N) is 1. The van der Waals surface area contributed by atoms with Crippen molar-refractivity contribution in [3.63, 3.8) is 0 Å². The number of piperidine rings is 1. The van der Waals surface area contributed by atoms with E-state index in [0.717, 1.165) is 19.4 Å². The maximum absolute atomic E-state index is 11.6. The summed E-state index contributed by atoms with van der Waals surface area (Å²) in [5.74, 6) is -0.0807. The number of nitrogens with one attached hydrogen (secondary N) is 1. The third-order valence-electron chi connectivity index (χ3n) is 3.84. The summed E-state index contributed by atoms with van der Waals surface area (Å²) in [5, 5.41) is 3.68. The van der Waals surface area contributed by atoms with E-state index in [2.05, 4.69) is 37.9 Å². The molecular formula is C14H26N2O2.